The minimum Gasteiger partial charge on any atom is -0.353 e. The number of nitrogens with one attached hydrogen (secondary N) is 2. The zero-order valence-electron chi connectivity index (χ0n) is 20.1. The lowest BCUT2D eigenvalue weighted by atomic mass is 10.1. The third-order valence-electron chi connectivity index (χ3n) is 5.27. The van der Waals surface area contributed by atoms with E-state index in [1.807, 2.05) is 50.2 Å². The highest BCUT2D eigenvalue weighted by Crippen LogP contribution is 2.28. The zero-order valence-corrected chi connectivity index (χ0v) is 22.6. The number of benzene rings is 2. The van der Waals surface area contributed by atoms with E-state index in [-0.39, 0.29) is 23.9 Å². The van der Waals surface area contributed by atoms with Crippen molar-refractivity contribution in [2.75, 3.05) is 11.5 Å². The molecule has 2 atom stereocenters. The average molecular weight is 529 g/mol. The molecule has 3 aromatic rings. The zero-order chi connectivity index (χ0) is 24.9. The van der Waals surface area contributed by atoms with Crippen molar-refractivity contribution in [2.45, 2.75) is 60.3 Å². The number of nitrogens with zero attached hydrogens (tertiary/aromatic N) is 2. The molecule has 0 aliphatic rings. The largest absolute Gasteiger partial charge is 0.353 e. The van der Waals surface area contributed by atoms with Crippen molar-refractivity contribution in [3.63, 3.8) is 0 Å². The van der Waals surface area contributed by atoms with Gasteiger partial charge in [-0.25, -0.2) is 0 Å². The molecule has 0 aliphatic heterocycles. The Hall–Kier alpha value is -2.36. The van der Waals surface area contributed by atoms with Crippen molar-refractivity contribution < 1.29 is 9.59 Å². The predicted molar refractivity (Wildman–Crippen MR) is 146 cm³/mol. The van der Waals surface area contributed by atoms with Gasteiger partial charge in [0.1, 0.15) is 0 Å². The monoisotopic (exact) mass is 528 g/mol. The van der Waals surface area contributed by atoms with Gasteiger partial charge >= 0.3 is 0 Å². The van der Waals surface area contributed by atoms with Gasteiger partial charge in [0, 0.05) is 12.1 Å². The van der Waals surface area contributed by atoms with Crippen LogP contribution in [0.2, 0.25) is 0 Å². The molecule has 186 valence electrons. The first-order valence-corrected chi connectivity index (χ1v) is 14.5. The lowest BCUT2D eigenvalue weighted by Gasteiger charge is -2.13. The number of thioether (sulfide) groups is 2. The van der Waals surface area contributed by atoms with Crippen LogP contribution in [0.25, 0.3) is 0 Å². The second-order valence-corrected chi connectivity index (χ2v) is 11.8. The molecule has 2 N–H and O–H groups in total. The Morgan fingerprint density at radius 2 is 1.14 bits per heavy atom. The van der Waals surface area contributed by atoms with Gasteiger partial charge in [0.2, 0.25) is 11.8 Å². The van der Waals surface area contributed by atoms with E-state index in [1.165, 1.54) is 46.0 Å². The summed E-state index contributed by atoms with van der Waals surface area (Å²) in [5.41, 5.74) is 2.55. The van der Waals surface area contributed by atoms with Gasteiger partial charge in [0.15, 0.2) is 8.68 Å². The minimum atomic E-state index is -0.0103. The van der Waals surface area contributed by atoms with Crippen molar-refractivity contribution in [3.8, 4) is 0 Å². The van der Waals surface area contributed by atoms with Crippen LogP contribution in [0.3, 0.4) is 0 Å². The highest BCUT2D eigenvalue weighted by Gasteiger charge is 2.13. The molecule has 0 unspecified atom stereocenters. The normalized spacial score (nSPS) is 12.6. The summed E-state index contributed by atoms with van der Waals surface area (Å²) in [5.74, 6) is 0.579. The number of rotatable bonds is 14. The number of aromatic nitrogens is 2. The van der Waals surface area contributed by atoms with E-state index in [9.17, 15) is 9.59 Å². The lowest BCUT2D eigenvalue weighted by molar-refractivity contribution is -0.120. The van der Waals surface area contributed by atoms with Crippen LogP contribution in [0.4, 0.5) is 0 Å². The van der Waals surface area contributed by atoms with E-state index in [1.54, 1.807) is 0 Å². The molecule has 0 aliphatic carbocycles. The second-order valence-electron chi connectivity index (χ2n) is 8.40. The maximum Gasteiger partial charge on any atom is 0.230 e. The van der Waals surface area contributed by atoms with E-state index in [0.717, 1.165) is 34.4 Å². The van der Waals surface area contributed by atoms with Crippen LogP contribution in [0, 0.1) is 0 Å². The van der Waals surface area contributed by atoms with E-state index >= 15 is 0 Å². The summed E-state index contributed by atoms with van der Waals surface area (Å²) in [5, 5.41) is 14.4. The fourth-order valence-electron chi connectivity index (χ4n) is 3.40. The first kappa shape index (κ1) is 27.2. The smallest absolute Gasteiger partial charge is 0.230 e. The fourth-order valence-corrected chi connectivity index (χ4v) is 6.04. The summed E-state index contributed by atoms with van der Waals surface area (Å²) in [6.45, 7) is 4.05. The van der Waals surface area contributed by atoms with Crippen LogP contribution in [-0.4, -0.2) is 45.6 Å². The first-order valence-electron chi connectivity index (χ1n) is 11.7. The number of carbonyl (C=O) groups is 2. The molecule has 35 heavy (non-hydrogen) atoms. The van der Waals surface area contributed by atoms with Crippen molar-refractivity contribution in [2.24, 2.45) is 0 Å². The minimum absolute atomic E-state index is 0.0103. The highest BCUT2D eigenvalue weighted by molar-refractivity contribution is 8.03. The molecule has 2 aromatic carbocycles. The molecule has 0 saturated carbocycles. The molecule has 0 saturated heterocycles. The SMILES string of the molecule is C[C@H](CCc1ccccc1)NC(=O)CSc1nnc(SCC(=O)N[C@@H](C)CCc2ccccc2)s1. The van der Waals surface area contributed by atoms with Gasteiger partial charge in [-0.1, -0.05) is 95.5 Å². The van der Waals surface area contributed by atoms with Crippen molar-refractivity contribution >= 4 is 46.7 Å². The van der Waals surface area contributed by atoms with E-state index in [4.69, 9.17) is 0 Å². The summed E-state index contributed by atoms with van der Waals surface area (Å²) in [4.78, 5) is 24.5. The second kappa shape index (κ2) is 14.9. The average Bonchev–Trinajstić information content (AvgIpc) is 3.33. The number of carbonyl (C=O) groups excluding carboxylic acids is 2. The Bertz CT molecular complexity index is 965. The van der Waals surface area contributed by atoms with E-state index < -0.39 is 0 Å². The number of hydrogen-bond donors (Lipinski definition) is 2. The summed E-state index contributed by atoms with van der Waals surface area (Å²) < 4.78 is 1.47. The molecule has 6 nitrogen and oxygen atoms in total. The standard InChI is InChI=1S/C26H32N4O2S3/c1-19(13-15-21-9-5-3-6-10-21)27-23(31)17-33-25-29-30-26(35-25)34-18-24(32)28-20(2)14-16-22-11-7-4-8-12-22/h3-12,19-20H,13-18H2,1-2H3,(H,27,31)(H,28,32)/t19-,20+. The van der Waals surface area contributed by atoms with Crippen molar-refractivity contribution in [1.29, 1.82) is 0 Å². The van der Waals surface area contributed by atoms with E-state index in [2.05, 4.69) is 45.1 Å². The molecular weight excluding hydrogens is 497 g/mol. The van der Waals surface area contributed by atoms with Crippen LogP contribution >= 0.6 is 34.9 Å². The Labute approximate surface area is 220 Å². The number of aryl methyl sites for hydroxylation is 2. The van der Waals surface area contributed by atoms with Gasteiger partial charge in [-0.05, 0) is 50.7 Å². The van der Waals surface area contributed by atoms with Gasteiger partial charge in [0.25, 0.3) is 0 Å². The maximum atomic E-state index is 12.3. The summed E-state index contributed by atoms with van der Waals surface area (Å²) in [7, 11) is 0. The third kappa shape index (κ3) is 10.8. The molecule has 2 amide bonds. The molecule has 1 aromatic heterocycles. The lowest BCUT2D eigenvalue weighted by Crippen LogP contribution is -2.34. The summed E-state index contributed by atoms with van der Waals surface area (Å²) in [6.07, 6.45) is 3.66. The maximum absolute atomic E-state index is 12.3. The fraction of sp³-hybridized carbons (Fsp3) is 0.385. The Morgan fingerprint density at radius 1 is 0.743 bits per heavy atom. The number of hydrogen-bond acceptors (Lipinski definition) is 7. The van der Waals surface area contributed by atoms with E-state index in [0.29, 0.717) is 11.5 Å². The molecule has 1 heterocycles. The van der Waals surface area contributed by atoms with Crippen LogP contribution in [0.1, 0.15) is 37.8 Å². The summed E-state index contributed by atoms with van der Waals surface area (Å²) in [6, 6.07) is 20.8. The van der Waals surface area contributed by atoms with Crippen LogP contribution in [0.5, 0.6) is 0 Å². The van der Waals surface area contributed by atoms with Gasteiger partial charge in [-0.2, -0.15) is 0 Å². The van der Waals surface area contributed by atoms with Gasteiger partial charge in [-0.15, -0.1) is 10.2 Å². The third-order valence-corrected chi connectivity index (χ3v) is 8.46. The van der Waals surface area contributed by atoms with Crippen LogP contribution < -0.4 is 10.6 Å². The van der Waals surface area contributed by atoms with Crippen LogP contribution in [-0.2, 0) is 22.4 Å². The quantitative estimate of drug-likeness (QED) is 0.287. The Kier molecular flexibility index (Phi) is 11.6. The molecule has 0 radical (unpaired) electrons. The Balaban J connectivity index is 1.29. The van der Waals surface area contributed by atoms with Crippen LogP contribution in [0.15, 0.2) is 69.3 Å². The molecule has 0 bridgehead atoms. The highest BCUT2D eigenvalue weighted by atomic mass is 32.2. The summed E-state index contributed by atoms with van der Waals surface area (Å²) >= 11 is 4.16. The van der Waals surface area contributed by atoms with Gasteiger partial charge < -0.3 is 10.6 Å². The first-order chi connectivity index (χ1) is 17.0. The predicted octanol–water partition coefficient (Wildman–Crippen LogP) is 5.00. The molecular formula is C26H32N4O2S3. The number of amides is 2. The van der Waals surface area contributed by atoms with Gasteiger partial charge in [-0.3, -0.25) is 9.59 Å². The van der Waals surface area contributed by atoms with Crippen molar-refractivity contribution in [3.05, 3.63) is 71.8 Å². The molecule has 3 rings (SSSR count). The topological polar surface area (TPSA) is 84.0 Å². The van der Waals surface area contributed by atoms with Gasteiger partial charge in [0.05, 0.1) is 11.5 Å². The molecule has 0 fully saturated rings. The van der Waals surface area contributed by atoms with Crippen molar-refractivity contribution in [1.82, 2.24) is 20.8 Å². The Morgan fingerprint density at radius 3 is 1.54 bits per heavy atom. The molecule has 0 spiro atoms. The molecule has 9 heteroatoms.